The van der Waals surface area contributed by atoms with Gasteiger partial charge in [-0.25, -0.2) is 0 Å². The standard InChI is InChI=1S/C33H46N4O9/c1-4-6-8-13-26(36-32(44)22-11-9-7-10-12-22)37(28(41)5-2)19-18-27(40)35-23-14-16-24(17-15-23)45-33-29(34-21(3)39)31(43)30(42)25(20-38)46-33/h7,9-12,14-17,25-26,29-31,33,38,42-43H,4-6,8,13,18-20H2,1-3H3,(H,34,39)(H,35,40)(H,36,44)/t25?,26?,29?,30-,31+,33+/m0/s1. The molecule has 3 unspecified atom stereocenters. The number of nitrogens with one attached hydrogen (secondary N) is 3. The summed E-state index contributed by atoms with van der Waals surface area (Å²) in [5, 5.41) is 38.5. The van der Waals surface area contributed by atoms with Crippen LogP contribution in [0.1, 0.15) is 69.7 Å². The van der Waals surface area contributed by atoms with Crippen molar-refractivity contribution in [2.24, 2.45) is 0 Å². The summed E-state index contributed by atoms with van der Waals surface area (Å²) in [7, 11) is 0. The highest BCUT2D eigenvalue weighted by Crippen LogP contribution is 2.25. The van der Waals surface area contributed by atoms with E-state index in [2.05, 4.69) is 22.9 Å². The van der Waals surface area contributed by atoms with Crippen LogP contribution in [0.2, 0.25) is 0 Å². The van der Waals surface area contributed by atoms with Gasteiger partial charge in [0.2, 0.25) is 24.0 Å². The molecular weight excluding hydrogens is 596 g/mol. The lowest BCUT2D eigenvalue weighted by Crippen LogP contribution is -2.65. The van der Waals surface area contributed by atoms with Crippen LogP contribution in [-0.2, 0) is 19.1 Å². The summed E-state index contributed by atoms with van der Waals surface area (Å²) >= 11 is 0. The van der Waals surface area contributed by atoms with E-state index in [9.17, 15) is 34.5 Å². The molecule has 0 aliphatic carbocycles. The van der Waals surface area contributed by atoms with Crippen molar-refractivity contribution < 1.29 is 44.0 Å². The highest BCUT2D eigenvalue weighted by molar-refractivity contribution is 5.94. The van der Waals surface area contributed by atoms with E-state index in [4.69, 9.17) is 9.47 Å². The molecule has 6 N–H and O–H groups in total. The smallest absolute Gasteiger partial charge is 0.252 e. The van der Waals surface area contributed by atoms with Crippen molar-refractivity contribution in [1.29, 1.82) is 0 Å². The number of nitrogens with zero attached hydrogens (tertiary/aromatic N) is 1. The third kappa shape index (κ3) is 10.5. The van der Waals surface area contributed by atoms with Crippen molar-refractivity contribution in [3.63, 3.8) is 0 Å². The molecule has 1 aliphatic rings. The Morgan fingerprint density at radius 3 is 2.28 bits per heavy atom. The molecule has 0 aromatic heterocycles. The number of unbranched alkanes of at least 4 members (excludes halogenated alkanes) is 2. The zero-order valence-corrected chi connectivity index (χ0v) is 26.6. The Kier molecular flexibility index (Phi) is 14.4. The molecule has 0 spiro atoms. The summed E-state index contributed by atoms with van der Waals surface area (Å²) in [5.74, 6) is -0.995. The Hall–Kier alpha value is -4.04. The number of hydrogen-bond donors (Lipinski definition) is 6. The van der Waals surface area contributed by atoms with Crippen molar-refractivity contribution in [3.8, 4) is 5.75 Å². The number of ether oxygens (including phenoxy) is 2. The first-order valence-electron chi connectivity index (χ1n) is 15.7. The quantitative estimate of drug-likeness (QED) is 0.118. The van der Waals surface area contributed by atoms with Crippen LogP contribution in [0.4, 0.5) is 5.69 Å². The molecule has 2 aromatic carbocycles. The SMILES string of the molecule is CCCCCC(NC(=O)c1ccccc1)N(CCC(=O)Nc1ccc(O[C@@H]2OC(CO)[C@H](O)[C@H](O)C2NC(C)=O)cc1)C(=O)CC. The van der Waals surface area contributed by atoms with Crippen molar-refractivity contribution in [1.82, 2.24) is 15.5 Å². The van der Waals surface area contributed by atoms with Crippen LogP contribution in [0.25, 0.3) is 0 Å². The van der Waals surface area contributed by atoms with E-state index in [1.807, 2.05) is 6.07 Å². The first-order chi connectivity index (χ1) is 22.1. The van der Waals surface area contributed by atoms with E-state index in [1.54, 1.807) is 60.4 Å². The zero-order valence-electron chi connectivity index (χ0n) is 26.6. The normalized spacial score (nSPS) is 21.5. The molecule has 1 saturated heterocycles. The van der Waals surface area contributed by atoms with Crippen LogP contribution >= 0.6 is 0 Å². The van der Waals surface area contributed by atoms with Crippen LogP contribution < -0.4 is 20.7 Å². The first-order valence-corrected chi connectivity index (χ1v) is 15.7. The monoisotopic (exact) mass is 642 g/mol. The lowest BCUT2D eigenvalue weighted by Gasteiger charge is -2.42. The fourth-order valence-corrected chi connectivity index (χ4v) is 5.14. The molecule has 4 amide bonds. The third-order valence-electron chi connectivity index (χ3n) is 7.63. The fraction of sp³-hybridized carbons (Fsp3) is 0.515. The summed E-state index contributed by atoms with van der Waals surface area (Å²) in [4.78, 5) is 52.1. The number of benzene rings is 2. The van der Waals surface area contributed by atoms with Gasteiger partial charge in [0.1, 0.15) is 36.3 Å². The van der Waals surface area contributed by atoms with E-state index < -0.39 is 49.3 Å². The topological polar surface area (TPSA) is 187 Å². The van der Waals surface area contributed by atoms with Gasteiger partial charge in [-0.2, -0.15) is 0 Å². The molecule has 46 heavy (non-hydrogen) atoms. The van der Waals surface area contributed by atoms with Crippen LogP contribution in [0.5, 0.6) is 5.75 Å². The number of aliphatic hydroxyl groups excluding tert-OH is 3. The van der Waals surface area contributed by atoms with Crippen molar-refractivity contribution >= 4 is 29.3 Å². The number of hydrogen-bond acceptors (Lipinski definition) is 9. The van der Waals surface area contributed by atoms with Crippen molar-refractivity contribution in [2.45, 2.75) is 96.1 Å². The summed E-state index contributed by atoms with van der Waals surface area (Å²) in [5.41, 5.74) is 0.939. The maximum atomic E-state index is 13.0. The molecule has 1 fully saturated rings. The van der Waals surface area contributed by atoms with Gasteiger partial charge in [0.05, 0.1) is 6.61 Å². The minimum absolute atomic E-state index is 0.00739. The van der Waals surface area contributed by atoms with Gasteiger partial charge in [-0.3, -0.25) is 19.2 Å². The first kappa shape index (κ1) is 36.4. The number of anilines is 1. The fourth-order valence-electron chi connectivity index (χ4n) is 5.14. The van der Waals surface area contributed by atoms with Crippen LogP contribution in [0.3, 0.4) is 0 Å². The second-order valence-corrected chi connectivity index (χ2v) is 11.2. The second-order valence-electron chi connectivity index (χ2n) is 11.2. The minimum atomic E-state index is -1.45. The van der Waals surface area contributed by atoms with Crippen LogP contribution in [0, 0.1) is 0 Å². The maximum absolute atomic E-state index is 13.0. The molecule has 13 nitrogen and oxygen atoms in total. The van der Waals surface area contributed by atoms with Gasteiger partial charge >= 0.3 is 0 Å². The average Bonchev–Trinajstić information content (AvgIpc) is 3.05. The molecule has 0 bridgehead atoms. The molecule has 0 radical (unpaired) electrons. The van der Waals surface area contributed by atoms with Gasteiger partial charge in [0.25, 0.3) is 5.91 Å². The van der Waals surface area contributed by atoms with Gasteiger partial charge in [0, 0.05) is 37.6 Å². The van der Waals surface area contributed by atoms with Crippen LogP contribution in [0.15, 0.2) is 54.6 Å². The van der Waals surface area contributed by atoms with Gasteiger partial charge in [-0.15, -0.1) is 0 Å². The molecule has 13 heteroatoms. The number of rotatable bonds is 16. The van der Waals surface area contributed by atoms with Gasteiger partial charge in [-0.05, 0) is 49.2 Å². The van der Waals surface area contributed by atoms with Gasteiger partial charge < -0.3 is 45.6 Å². The molecule has 2 aromatic rings. The van der Waals surface area contributed by atoms with Crippen molar-refractivity contribution in [2.75, 3.05) is 18.5 Å². The third-order valence-corrected chi connectivity index (χ3v) is 7.63. The Morgan fingerprint density at radius 2 is 1.67 bits per heavy atom. The van der Waals surface area contributed by atoms with Crippen LogP contribution in [-0.4, -0.2) is 93.8 Å². The lowest BCUT2D eigenvalue weighted by atomic mass is 9.97. The lowest BCUT2D eigenvalue weighted by molar-refractivity contribution is -0.244. The van der Waals surface area contributed by atoms with Gasteiger partial charge in [0.15, 0.2) is 0 Å². The largest absolute Gasteiger partial charge is 0.463 e. The molecular formula is C33H46N4O9. The number of amides is 4. The summed E-state index contributed by atoms with van der Waals surface area (Å²) in [6, 6.07) is 13.9. The maximum Gasteiger partial charge on any atom is 0.252 e. The van der Waals surface area contributed by atoms with Crippen molar-refractivity contribution in [3.05, 3.63) is 60.2 Å². The second kappa shape index (κ2) is 18.2. The van der Waals surface area contributed by atoms with E-state index in [-0.39, 0.29) is 42.9 Å². The Labute approximate surface area is 269 Å². The predicted molar refractivity (Wildman–Crippen MR) is 170 cm³/mol. The number of carbonyl (C=O) groups is 4. The summed E-state index contributed by atoms with van der Waals surface area (Å²) < 4.78 is 11.4. The highest BCUT2D eigenvalue weighted by atomic mass is 16.7. The number of aliphatic hydroxyl groups is 3. The molecule has 6 atom stereocenters. The zero-order chi connectivity index (χ0) is 33.6. The van der Waals surface area contributed by atoms with E-state index >= 15 is 0 Å². The molecule has 0 saturated carbocycles. The molecule has 1 heterocycles. The highest BCUT2D eigenvalue weighted by Gasteiger charge is 2.46. The average molecular weight is 643 g/mol. The van der Waals surface area contributed by atoms with E-state index in [1.165, 1.54) is 6.92 Å². The van der Waals surface area contributed by atoms with E-state index in [0.717, 1.165) is 19.3 Å². The molecule has 1 aliphatic heterocycles. The summed E-state index contributed by atoms with van der Waals surface area (Å²) in [6.07, 6.45) is -2.29. The Bertz CT molecular complexity index is 1280. The Balaban J connectivity index is 1.63. The van der Waals surface area contributed by atoms with Gasteiger partial charge in [-0.1, -0.05) is 44.9 Å². The molecule has 3 rings (SSSR count). The minimum Gasteiger partial charge on any atom is -0.463 e. The number of carbonyl (C=O) groups excluding carboxylic acids is 4. The Morgan fingerprint density at radius 1 is 0.978 bits per heavy atom. The predicted octanol–water partition coefficient (Wildman–Crippen LogP) is 1.91. The molecule has 252 valence electrons. The van der Waals surface area contributed by atoms with E-state index in [0.29, 0.717) is 17.7 Å². The summed E-state index contributed by atoms with van der Waals surface area (Å²) in [6.45, 7) is 4.59.